The van der Waals surface area contributed by atoms with E-state index in [9.17, 15) is 18.0 Å². The number of nitrogens with zero attached hydrogens (tertiary/aromatic N) is 4. The third kappa shape index (κ3) is 5.00. The van der Waals surface area contributed by atoms with Crippen molar-refractivity contribution in [3.8, 4) is 11.1 Å². The van der Waals surface area contributed by atoms with Crippen LogP contribution >= 0.6 is 0 Å². The van der Waals surface area contributed by atoms with Gasteiger partial charge < -0.3 is 5.32 Å². The maximum absolute atomic E-state index is 14.3. The van der Waals surface area contributed by atoms with Gasteiger partial charge in [0.05, 0.1) is 25.5 Å². The number of nitrogens with one attached hydrogen (secondary N) is 1. The number of hydrogen-bond donors (Lipinski definition) is 1. The van der Waals surface area contributed by atoms with E-state index in [0.717, 1.165) is 11.8 Å². The van der Waals surface area contributed by atoms with Crippen LogP contribution in [0.4, 0.5) is 18.9 Å². The van der Waals surface area contributed by atoms with Crippen molar-refractivity contribution in [1.29, 1.82) is 0 Å². The number of rotatable bonds is 6. The van der Waals surface area contributed by atoms with Crippen LogP contribution < -0.4 is 5.32 Å². The number of carbonyl (C=O) groups is 1. The normalized spacial score (nSPS) is 15.7. The van der Waals surface area contributed by atoms with E-state index in [1.54, 1.807) is 53.3 Å². The van der Waals surface area contributed by atoms with Gasteiger partial charge in [-0.15, -0.1) is 0 Å². The average molecular weight is 427 g/mol. The maximum Gasteiger partial charge on any atom is 0.272 e. The summed E-state index contributed by atoms with van der Waals surface area (Å²) in [5.41, 5.74) is 2.80. The Labute approximate surface area is 177 Å². The zero-order valence-electron chi connectivity index (χ0n) is 16.7. The smallest absolute Gasteiger partial charge is 0.272 e. The average Bonchev–Trinajstić information content (AvgIpc) is 3.12. The number of benzene rings is 1. The number of likely N-dealkylation sites (tertiary alicyclic amines) is 1. The first-order chi connectivity index (χ1) is 14.8. The van der Waals surface area contributed by atoms with E-state index in [-0.39, 0.29) is 13.1 Å². The van der Waals surface area contributed by atoms with E-state index in [4.69, 9.17) is 0 Å². The van der Waals surface area contributed by atoms with Crippen molar-refractivity contribution in [1.82, 2.24) is 19.7 Å². The lowest BCUT2D eigenvalue weighted by atomic mass is 10.0. The predicted molar refractivity (Wildman–Crippen MR) is 111 cm³/mol. The van der Waals surface area contributed by atoms with Crippen molar-refractivity contribution in [2.75, 3.05) is 18.4 Å². The molecule has 9 heteroatoms. The quantitative estimate of drug-likeness (QED) is 0.609. The molecule has 1 aromatic carbocycles. The minimum atomic E-state index is -2.59. The van der Waals surface area contributed by atoms with Gasteiger partial charge in [-0.3, -0.25) is 19.4 Å². The summed E-state index contributed by atoms with van der Waals surface area (Å²) in [7, 11) is 1.73. The van der Waals surface area contributed by atoms with Crippen molar-refractivity contribution in [2.24, 2.45) is 7.05 Å². The topological polar surface area (TPSA) is 63.1 Å². The number of pyridine rings is 1. The lowest BCUT2D eigenvalue weighted by Crippen LogP contribution is -2.55. The summed E-state index contributed by atoms with van der Waals surface area (Å²) in [6.45, 7) is -0.0219. The number of amides is 1. The SMILES string of the molecule is Cn1cc(-c2c(F)cncc2/C=C/C(=O)Nc2ccc(CN3CC(F)(F)C3)cc2)cn1. The van der Waals surface area contributed by atoms with Crippen molar-refractivity contribution in [3.63, 3.8) is 0 Å². The molecule has 4 rings (SSSR count). The van der Waals surface area contributed by atoms with Gasteiger partial charge in [0.25, 0.3) is 5.92 Å². The number of aryl methyl sites for hydroxylation is 1. The second-order valence-electron chi connectivity index (χ2n) is 7.51. The van der Waals surface area contributed by atoms with Crippen LogP contribution in [0.2, 0.25) is 0 Å². The molecule has 1 aliphatic rings. The highest BCUT2D eigenvalue weighted by Gasteiger charge is 2.43. The van der Waals surface area contributed by atoms with Crippen molar-refractivity contribution in [2.45, 2.75) is 12.5 Å². The van der Waals surface area contributed by atoms with Crippen LogP contribution in [0.15, 0.2) is 55.1 Å². The van der Waals surface area contributed by atoms with E-state index in [0.29, 0.717) is 28.9 Å². The molecule has 1 saturated heterocycles. The Morgan fingerprint density at radius 1 is 1.19 bits per heavy atom. The van der Waals surface area contributed by atoms with Gasteiger partial charge >= 0.3 is 0 Å². The third-order valence-corrected chi connectivity index (χ3v) is 4.87. The number of aromatic nitrogens is 3. The molecule has 0 atom stereocenters. The van der Waals surface area contributed by atoms with Crippen LogP contribution in [0.25, 0.3) is 17.2 Å². The molecule has 31 heavy (non-hydrogen) atoms. The van der Waals surface area contributed by atoms with E-state index in [2.05, 4.69) is 15.4 Å². The molecule has 0 unspecified atom stereocenters. The Morgan fingerprint density at radius 3 is 2.58 bits per heavy atom. The Balaban J connectivity index is 1.40. The molecule has 1 fully saturated rings. The summed E-state index contributed by atoms with van der Waals surface area (Å²) < 4.78 is 41.7. The Morgan fingerprint density at radius 2 is 1.94 bits per heavy atom. The van der Waals surface area contributed by atoms with E-state index in [1.165, 1.54) is 18.3 Å². The number of alkyl halides is 2. The molecule has 1 amide bonds. The molecule has 0 saturated carbocycles. The molecule has 3 heterocycles. The first-order valence-corrected chi connectivity index (χ1v) is 9.60. The zero-order chi connectivity index (χ0) is 22.0. The van der Waals surface area contributed by atoms with Crippen LogP contribution in [0.5, 0.6) is 0 Å². The van der Waals surface area contributed by atoms with Crippen molar-refractivity contribution < 1.29 is 18.0 Å². The number of anilines is 1. The van der Waals surface area contributed by atoms with Gasteiger partial charge in [0.15, 0.2) is 0 Å². The summed E-state index contributed by atoms with van der Waals surface area (Å²) in [4.78, 5) is 17.8. The minimum absolute atomic E-state index is 0.230. The molecule has 0 aliphatic carbocycles. The number of hydrogen-bond acceptors (Lipinski definition) is 4. The van der Waals surface area contributed by atoms with Crippen LogP contribution in [-0.2, 0) is 18.4 Å². The van der Waals surface area contributed by atoms with Crippen molar-refractivity contribution >= 4 is 17.7 Å². The van der Waals surface area contributed by atoms with Gasteiger partial charge in [-0.1, -0.05) is 12.1 Å². The van der Waals surface area contributed by atoms with Gasteiger partial charge in [0, 0.05) is 54.4 Å². The highest BCUT2D eigenvalue weighted by Crippen LogP contribution is 2.28. The lowest BCUT2D eigenvalue weighted by Gasteiger charge is -2.38. The molecule has 1 aliphatic heterocycles. The molecule has 0 radical (unpaired) electrons. The molecule has 1 N–H and O–H groups in total. The molecule has 0 spiro atoms. The first-order valence-electron chi connectivity index (χ1n) is 9.60. The summed E-state index contributed by atoms with van der Waals surface area (Å²) >= 11 is 0. The van der Waals surface area contributed by atoms with Gasteiger partial charge in [0.1, 0.15) is 5.82 Å². The largest absolute Gasteiger partial charge is 0.323 e. The second kappa shape index (κ2) is 8.35. The lowest BCUT2D eigenvalue weighted by molar-refractivity contribution is -0.133. The minimum Gasteiger partial charge on any atom is -0.323 e. The van der Waals surface area contributed by atoms with E-state index < -0.39 is 17.6 Å². The first kappa shape index (κ1) is 20.8. The van der Waals surface area contributed by atoms with E-state index >= 15 is 0 Å². The van der Waals surface area contributed by atoms with Gasteiger partial charge in [0.2, 0.25) is 5.91 Å². The van der Waals surface area contributed by atoms with Crippen LogP contribution in [0, 0.1) is 5.82 Å². The number of halogens is 3. The maximum atomic E-state index is 14.3. The van der Waals surface area contributed by atoms with Gasteiger partial charge in [-0.25, -0.2) is 13.2 Å². The monoisotopic (exact) mass is 427 g/mol. The highest BCUT2D eigenvalue weighted by atomic mass is 19.3. The summed E-state index contributed by atoms with van der Waals surface area (Å²) in [5.74, 6) is -3.49. The number of carbonyl (C=O) groups excluding carboxylic acids is 1. The van der Waals surface area contributed by atoms with Crippen LogP contribution in [0.1, 0.15) is 11.1 Å². The fourth-order valence-electron chi connectivity index (χ4n) is 3.45. The third-order valence-electron chi connectivity index (χ3n) is 4.87. The van der Waals surface area contributed by atoms with Crippen molar-refractivity contribution in [3.05, 3.63) is 72.1 Å². The molecule has 6 nitrogen and oxygen atoms in total. The standard InChI is InChI=1S/C22H20F3N5O/c1-29-12-17(9-27-29)21-16(8-26-10-19(21)23)4-7-20(31)28-18-5-2-15(3-6-18)11-30-13-22(24,25)14-30/h2-10,12H,11,13-14H2,1H3,(H,28,31)/b7-4+. The molecule has 160 valence electrons. The molecular formula is C22H20F3N5O. The fourth-order valence-corrected chi connectivity index (χ4v) is 3.45. The van der Waals surface area contributed by atoms with Gasteiger partial charge in [-0.05, 0) is 23.8 Å². The molecule has 2 aromatic heterocycles. The highest BCUT2D eigenvalue weighted by molar-refractivity contribution is 6.02. The molecular weight excluding hydrogens is 407 g/mol. The summed E-state index contributed by atoms with van der Waals surface area (Å²) in [6.07, 6.45) is 8.60. The van der Waals surface area contributed by atoms with E-state index in [1.807, 2.05) is 0 Å². The Kier molecular flexibility index (Phi) is 5.60. The Bertz CT molecular complexity index is 1120. The van der Waals surface area contributed by atoms with Crippen LogP contribution in [0.3, 0.4) is 0 Å². The van der Waals surface area contributed by atoms with Gasteiger partial charge in [-0.2, -0.15) is 5.10 Å². The summed E-state index contributed by atoms with van der Waals surface area (Å²) in [6, 6.07) is 6.99. The molecule has 3 aromatic rings. The summed E-state index contributed by atoms with van der Waals surface area (Å²) in [5, 5.41) is 6.78. The zero-order valence-corrected chi connectivity index (χ0v) is 16.7. The predicted octanol–water partition coefficient (Wildman–Crippen LogP) is 3.72. The Hall–Kier alpha value is -3.46. The fraction of sp³-hybridized carbons (Fsp3) is 0.227. The molecule has 0 bridgehead atoms. The van der Waals surface area contributed by atoms with Crippen LogP contribution in [-0.4, -0.2) is 44.6 Å². The second-order valence-corrected chi connectivity index (χ2v) is 7.51.